The molecule has 0 spiro atoms. The lowest BCUT2D eigenvalue weighted by Crippen LogP contribution is -2.00. The minimum Gasteiger partial charge on any atom is -0.158 e. The highest BCUT2D eigenvalue weighted by Gasteiger charge is 2.28. The van der Waals surface area contributed by atoms with Gasteiger partial charge >= 0.3 is 0 Å². The third-order valence-corrected chi connectivity index (χ3v) is 3.06. The molecule has 0 aliphatic heterocycles. The molecule has 70 valence electrons. The van der Waals surface area contributed by atoms with Crippen LogP contribution in [0.25, 0.3) is 0 Å². The van der Waals surface area contributed by atoms with Crippen LogP contribution in [0, 0.1) is 0 Å². The van der Waals surface area contributed by atoms with Crippen LogP contribution < -0.4 is 0 Å². The fraction of sp³-hybridized carbons (Fsp3) is 0.600. The Hall–Kier alpha value is -0.440. The molecule has 2 nitrogen and oxygen atoms in total. The summed E-state index contributed by atoms with van der Waals surface area (Å²) in [5.74, 6) is 1.28. The summed E-state index contributed by atoms with van der Waals surface area (Å²) in [6.07, 6.45) is 4.56. The summed E-state index contributed by atoms with van der Waals surface area (Å²) >= 11 is 3.47. The molecule has 1 saturated carbocycles. The van der Waals surface area contributed by atoms with Crippen molar-refractivity contribution < 1.29 is 0 Å². The lowest BCUT2D eigenvalue weighted by Gasteiger charge is -2.12. The van der Waals surface area contributed by atoms with E-state index in [1.165, 1.54) is 24.0 Å². The molecule has 1 fully saturated rings. The van der Waals surface area contributed by atoms with Gasteiger partial charge in [0.2, 0.25) is 0 Å². The zero-order valence-electron chi connectivity index (χ0n) is 7.92. The van der Waals surface area contributed by atoms with Crippen molar-refractivity contribution in [2.45, 2.75) is 38.5 Å². The first kappa shape index (κ1) is 9.13. The summed E-state index contributed by atoms with van der Waals surface area (Å²) in [5.41, 5.74) is 2.74. The summed E-state index contributed by atoms with van der Waals surface area (Å²) in [6.45, 7) is 4.40. The van der Waals surface area contributed by atoms with Crippen LogP contribution in [-0.4, -0.2) is 10.2 Å². The van der Waals surface area contributed by atoms with E-state index in [4.69, 9.17) is 0 Å². The molecule has 0 bridgehead atoms. The van der Waals surface area contributed by atoms with Crippen molar-refractivity contribution in [1.29, 1.82) is 0 Å². The second-order valence-electron chi connectivity index (χ2n) is 3.93. The Balaban J connectivity index is 2.47. The Bertz CT molecular complexity index is 319. The van der Waals surface area contributed by atoms with E-state index in [2.05, 4.69) is 40.0 Å². The van der Waals surface area contributed by atoms with Crippen LogP contribution in [0.15, 0.2) is 10.8 Å². The lowest BCUT2D eigenvalue weighted by molar-refractivity contribution is 0.798. The van der Waals surface area contributed by atoms with Crippen LogP contribution in [-0.2, 0) is 0 Å². The monoisotopic (exact) mass is 240 g/mol. The summed E-state index contributed by atoms with van der Waals surface area (Å²) in [6, 6.07) is 0. The quantitative estimate of drug-likeness (QED) is 0.794. The van der Waals surface area contributed by atoms with Crippen LogP contribution in [0.3, 0.4) is 0 Å². The van der Waals surface area contributed by atoms with Gasteiger partial charge in [0.05, 0.1) is 6.20 Å². The Labute approximate surface area is 86.9 Å². The molecule has 1 aliphatic carbocycles. The third kappa shape index (κ3) is 1.75. The maximum Gasteiger partial charge on any atom is 0.132 e. The normalized spacial score (nSPS) is 16.6. The molecule has 0 unspecified atom stereocenters. The summed E-state index contributed by atoms with van der Waals surface area (Å²) in [4.78, 5) is 0. The minimum atomic E-state index is 0.528. The number of rotatable bonds is 2. The molecule has 2 rings (SSSR count). The van der Waals surface area contributed by atoms with Crippen molar-refractivity contribution in [2.24, 2.45) is 0 Å². The van der Waals surface area contributed by atoms with Crippen LogP contribution >= 0.6 is 15.9 Å². The van der Waals surface area contributed by atoms with Crippen molar-refractivity contribution in [3.8, 4) is 0 Å². The molecule has 0 atom stereocenters. The van der Waals surface area contributed by atoms with Gasteiger partial charge in [0.15, 0.2) is 0 Å². The van der Waals surface area contributed by atoms with Crippen molar-refractivity contribution in [2.75, 3.05) is 0 Å². The van der Waals surface area contributed by atoms with Crippen LogP contribution in [0.2, 0.25) is 0 Å². The van der Waals surface area contributed by atoms with E-state index >= 15 is 0 Å². The summed E-state index contributed by atoms with van der Waals surface area (Å²) < 4.78 is 0.923. The average Bonchev–Trinajstić information content (AvgIpc) is 2.85. The van der Waals surface area contributed by atoms with Gasteiger partial charge in [0.1, 0.15) is 4.60 Å². The molecule has 1 aromatic rings. The predicted molar refractivity (Wildman–Crippen MR) is 55.8 cm³/mol. The van der Waals surface area contributed by atoms with Crippen LogP contribution in [0.4, 0.5) is 0 Å². The van der Waals surface area contributed by atoms with Crippen molar-refractivity contribution in [1.82, 2.24) is 10.2 Å². The van der Waals surface area contributed by atoms with Gasteiger partial charge in [-0.2, -0.15) is 5.10 Å². The van der Waals surface area contributed by atoms with Crippen LogP contribution in [0.1, 0.15) is 49.7 Å². The largest absolute Gasteiger partial charge is 0.158 e. The fourth-order valence-electron chi connectivity index (χ4n) is 1.68. The average molecular weight is 241 g/mol. The maximum absolute atomic E-state index is 4.04. The maximum atomic E-state index is 4.04. The van der Waals surface area contributed by atoms with E-state index in [0.717, 1.165) is 10.5 Å². The van der Waals surface area contributed by atoms with Gasteiger partial charge in [0, 0.05) is 0 Å². The Morgan fingerprint density at radius 2 is 2.15 bits per heavy atom. The number of hydrogen-bond donors (Lipinski definition) is 0. The predicted octanol–water partition coefficient (Wildman–Crippen LogP) is 3.24. The molecule has 13 heavy (non-hydrogen) atoms. The fourth-order valence-corrected chi connectivity index (χ4v) is 2.45. The Kier molecular flexibility index (Phi) is 2.37. The van der Waals surface area contributed by atoms with E-state index < -0.39 is 0 Å². The summed E-state index contributed by atoms with van der Waals surface area (Å²) in [7, 11) is 0. The highest BCUT2D eigenvalue weighted by molar-refractivity contribution is 9.10. The van der Waals surface area contributed by atoms with Crippen molar-refractivity contribution in [3.63, 3.8) is 0 Å². The first-order chi connectivity index (χ1) is 6.20. The second kappa shape index (κ2) is 3.37. The second-order valence-corrected chi connectivity index (χ2v) is 4.68. The topological polar surface area (TPSA) is 25.8 Å². The lowest BCUT2D eigenvalue weighted by atomic mass is 9.98. The summed E-state index contributed by atoms with van der Waals surface area (Å²) in [5, 5.41) is 8.03. The van der Waals surface area contributed by atoms with Gasteiger partial charge in [-0.25, -0.2) is 0 Å². The SMILES string of the molecule is CC(C)c1c(C2CC2)cnnc1Br. The standard InChI is InChI=1S/C10H13BrN2/c1-6(2)9-8(7-3-4-7)5-12-13-10(9)11/h5-7H,3-4H2,1-2H3. The van der Waals surface area contributed by atoms with Crippen molar-refractivity contribution in [3.05, 3.63) is 21.9 Å². The van der Waals surface area contributed by atoms with Gasteiger partial charge in [-0.1, -0.05) is 13.8 Å². The van der Waals surface area contributed by atoms with E-state index in [9.17, 15) is 0 Å². The zero-order valence-corrected chi connectivity index (χ0v) is 9.50. The Morgan fingerprint density at radius 3 is 2.69 bits per heavy atom. The van der Waals surface area contributed by atoms with Crippen molar-refractivity contribution >= 4 is 15.9 Å². The first-order valence-corrected chi connectivity index (χ1v) is 5.50. The zero-order chi connectivity index (χ0) is 9.42. The van der Waals surface area contributed by atoms with Gasteiger partial charge in [-0.3, -0.25) is 0 Å². The molecule has 1 aliphatic rings. The Morgan fingerprint density at radius 1 is 1.46 bits per heavy atom. The molecular weight excluding hydrogens is 228 g/mol. The molecule has 0 N–H and O–H groups in total. The molecular formula is C10H13BrN2. The molecule has 1 aromatic heterocycles. The van der Waals surface area contributed by atoms with E-state index in [1.54, 1.807) is 0 Å². The van der Waals surface area contributed by atoms with Crippen LogP contribution in [0.5, 0.6) is 0 Å². The minimum absolute atomic E-state index is 0.528. The highest BCUT2D eigenvalue weighted by Crippen LogP contribution is 2.44. The molecule has 3 heteroatoms. The van der Waals surface area contributed by atoms with Gasteiger partial charge < -0.3 is 0 Å². The smallest absolute Gasteiger partial charge is 0.132 e. The number of halogens is 1. The highest BCUT2D eigenvalue weighted by atomic mass is 79.9. The molecule has 0 aromatic carbocycles. The molecule has 0 radical (unpaired) electrons. The number of nitrogens with zero attached hydrogens (tertiary/aromatic N) is 2. The molecule has 0 saturated heterocycles. The van der Waals surface area contributed by atoms with E-state index in [1.807, 2.05) is 6.20 Å². The van der Waals surface area contributed by atoms with Gasteiger partial charge in [-0.15, -0.1) is 5.10 Å². The number of hydrogen-bond acceptors (Lipinski definition) is 2. The molecule has 0 amide bonds. The first-order valence-electron chi connectivity index (χ1n) is 4.71. The van der Waals surface area contributed by atoms with E-state index in [-0.39, 0.29) is 0 Å². The molecule has 1 heterocycles. The van der Waals surface area contributed by atoms with Gasteiger partial charge in [-0.05, 0) is 51.7 Å². The van der Waals surface area contributed by atoms with E-state index in [0.29, 0.717) is 5.92 Å². The third-order valence-electron chi connectivity index (χ3n) is 2.47. The van der Waals surface area contributed by atoms with Gasteiger partial charge in [0.25, 0.3) is 0 Å². The number of aromatic nitrogens is 2.